The van der Waals surface area contributed by atoms with Gasteiger partial charge in [0, 0.05) is 5.92 Å². The third kappa shape index (κ3) is 6.63. The summed E-state index contributed by atoms with van der Waals surface area (Å²) in [5.41, 5.74) is -0.777. The fourth-order valence-corrected chi connectivity index (χ4v) is 3.28. The lowest BCUT2D eigenvalue weighted by atomic mass is 9.83. The SMILES string of the molecule is CCC(C)(C)OC(=O)Oc1ccc(C(=O)OC(C2CCCCC2)C(F)(F)C(=O)O)cc1. The molecule has 0 saturated heterocycles. The molecule has 1 aliphatic carbocycles. The average molecular weight is 442 g/mol. The molecular weight excluding hydrogens is 414 g/mol. The van der Waals surface area contributed by atoms with Crippen molar-refractivity contribution in [2.24, 2.45) is 5.92 Å². The Balaban J connectivity index is 2.08. The van der Waals surface area contributed by atoms with Gasteiger partial charge in [0.1, 0.15) is 11.4 Å². The van der Waals surface area contributed by atoms with Gasteiger partial charge >= 0.3 is 24.0 Å². The maximum Gasteiger partial charge on any atom is 0.514 e. The number of carbonyl (C=O) groups is 3. The maximum atomic E-state index is 14.3. The van der Waals surface area contributed by atoms with E-state index in [2.05, 4.69) is 0 Å². The number of carboxylic acid groups (broad SMARTS) is 1. The Hall–Kier alpha value is -2.71. The average Bonchev–Trinajstić information content (AvgIpc) is 2.72. The molecule has 1 fully saturated rings. The molecule has 1 saturated carbocycles. The summed E-state index contributed by atoms with van der Waals surface area (Å²) in [6.07, 6.45) is 0.552. The van der Waals surface area contributed by atoms with Crippen molar-refractivity contribution < 1.29 is 42.5 Å². The summed E-state index contributed by atoms with van der Waals surface area (Å²) >= 11 is 0. The zero-order valence-corrected chi connectivity index (χ0v) is 17.9. The number of esters is 1. The van der Waals surface area contributed by atoms with E-state index in [1.807, 2.05) is 6.92 Å². The highest BCUT2D eigenvalue weighted by molar-refractivity contribution is 5.90. The van der Waals surface area contributed by atoms with Crippen LogP contribution in [0.5, 0.6) is 5.75 Å². The van der Waals surface area contributed by atoms with E-state index in [1.54, 1.807) is 13.8 Å². The van der Waals surface area contributed by atoms with Crippen LogP contribution < -0.4 is 4.74 Å². The van der Waals surface area contributed by atoms with Gasteiger partial charge < -0.3 is 19.3 Å². The zero-order chi connectivity index (χ0) is 23.2. The van der Waals surface area contributed by atoms with Crippen molar-refractivity contribution in [2.45, 2.75) is 76.9 Å². The van der Waals surface area contributed by atoms with E-state index in [1.165, 1.54) is 24.3 Å². The molecule has 0 aromatic heterocycles. The molecule has 7 nitrogen and oxygen atoms in total. The van der Waals surface area contributed by atoms with Crippen molar-refractivity contribution in [1.82, 2.24) is 0 Å². The third-order valence-corrected chi connectivity index (χ3v) is 5.46. The van der Waals surface area contributed by atoms with Crippen LogP contribution in [-0.2, 0) is 14.3 Å². The van der Waals surface area contributed by atoms with Crippen molar-refractivity contribution in [2.75, 3.05) is 0 Å². The van der Waals surface area contributed by atoms with Crippen molar-refractivity contribution in [3.05, 3.63) is 29.8 Å². The standard InChI is InChI=1S/C22H28F2O7/c1-4-21(2,3)31-20(28)29-16-12-10-15(11-13-16)18(25)30-17(22(23,24)19(26)27)14-8-6-5-7-9-14/h10-14,17H,4-9H2,1-3H3,(H,26,27). The fourth-order valence-electron chi connectivity index (χ4n) is 3.28. The first kappa shape index (κ1) is 24.6. The predicted molar refractivity (Wildman–Crippen MR) is 106 cm³/mol. The highest BCUT2D eigenvalue weighted by Gasteiger charge is 2.53. The normalized spacial score (nSPS) is 16.3. The van der Waals surface area contributed by atoms with Crippen LogP contribution in [-0.4, -0.2) is 40.8 Å². The Morgan fingerprint density at radius 3 is 2.19 bits per heavy atom. The van der Waals surface area contributed by atoms with Gasteiger partial charge in [-0.2, -0.15) is 8.78 Å². The van der Waals surface area contributed by atoms with E-state index in [0.29, 0.717) is 32.1 Å². The van der Waals surface area contributed by atoms with Crippen molar-refractivity contribution in [3.63, 3.8) is 0 Å². The number of carbonyl (C=O) groups excluding carboxylic acids is 2. The summed E-state index contributed by atoms with van der Waals surface area (Å²) in [5, 5.41) is 8.94. The minimum atomic E-state index is -4.20. The molecule has 1 aliphatic rings. The van der Waals surface area contributed by atoms with Crippen LogP contribution in [0.25, 0.3) is 0 Å². The Morgan fingerprint density at radius 1 is 1.10 bits per heavy atom. The molecule has 2 rings (SSSR count). The molecule has 31 heavy (non-hydrogen) atoms. The zero-order valence-electron chi connectivity index (χ0n) is 17.9. The lowest BCUT2D eigenvalue weighted by molar-refractivity contribution is -0.189. The monoisotopic (exact) mass is 442 g/mol. The van der Waals surface area contributed by atoms with E-state index in [9.17, 15) is 23.2 Å². The molecule has 0 heterocycles. The van der Waals surface area contributed by atoms with Gasteiger partial charge in [0.25, 0.3) is 0 Å². The van der Waals surface area contributed by atoms with Gasteiger partial charge in [0.2, 0.25) is 0 Å². The summed E-state index contributed by atoms with van der Waals surface area (Å²) in [6, 6.07) is 5.07. The highest BCUT2D eigenvalue weighted by atomic mass is 19.3. The first-order valence-electron chi connectivity index (χ1n) is 10.3. The van der Waals surface area contributed by atoms with Crippen molar-refractivity contribution in [1.29, 1.82) is 0 Å². The van der Waals surface area contributed by atoms with Crippen LogP contribution >= 0.6 is 0 Å². The van der Waals surface area contributed by atoms with Crippen LogP contribution in [0.15, 0.2) is 24.3 Å². The first-order chi connectivity index (χ1) is 14.5. The van der Waals surface area contributed by atoms with Crippen LogP contribution in [0.2, 0.25) is 0 Å². The number of benzene rings is 1. The van der Waals surface area contributed by atoms with Gasteiger partial charge in [-0.3, -0.25) is 0 Å². The Kier molecular flexibility index (Phi) is 7.97. The van der Waals surface area contributed by atoms with E-state index in [0.717, 1.165) is 6.42 Å². The number of halogens is 2. The number of aliphatic carboxylic acids is 1. The number of alkyl halides is 2. The minimum Gasteiger partial charge on any atom is -0.477 e. The summed E-state index contributed by atoms with van der Waals surface area (Å²) < 4.78 is 43.8. The van der Waals surface area contributed by atoms with E-state index in [-0.39, 0.29) is 11.3 Å². The van der Waals surface area contributed by atoms with Gasteiger partial charge in [-0.1, -0.05) is 26.2 Å². The van der Waals surface area contributed by atoms with Gasteiger partial charge in [-0.15, -0.1) is 0 Å². The number of hydrogen-bond donors (Lipinski definition) is 1. The Bertz CT molecular complexity index is 784. The van der Waals surface area contributed by atoms with Crippen LogP contribution in [0.1, 0.15) is 69.7 Å². The second-order valence-corrected chi connectivity index (χ2v) is 8.24. The van der Waals surface area contributed by atoms with Crippen LogP contribution in [0.3, 0.4) is 0 Å². The lowest BCUT2D eigenvalue weighted by Gasteiger charge is -2.33. The molecule has 0 radical (unpaired) electrons. The molecule has 0 amide bonds. The summed E-state index contributed by atoms with van der Waals surface area (Å²) in [7, 11) is 0. The second kappa shape index (κ2) is 10.1. The first-order valence-corrected chi connectivity index (χ1v) is 10.3. The number of hydrogen-bond acceptors (Lipinski definition) is 6. The largest absolute Gasteiger partial charge is 0.514 e. The molecule has 172 valence electrons. The molecule has 1 aromatic rings. The Labute approximate surface area is 179 Å². The molecular formula is C22H28F2O7. The van der Waals surface area contributed by atoms with Gasteiger partial charge in [-0.25, -0.2) is 14.4 Å². The third-order valence-electron chi connectivity index (χ3n) is 5.46. The molecule has 0 spiro atoms. The van der Waals surface area contributed by atoms with E-state index in [4.69, 9.17) is 19.3 Å². The molecule has 1 atom stereocenters. The Morgan fingerprint density at radius 2 is 1.68 bits per heavy atom. The predicted octanol–water partition coefficient (Wildman–Crippen LogP) is 5.22. The molecule has 1 N–H and O–H groups in total. The molecule has 0 bridgehead atoms. The van der Waals surface area contributed by atoms with Gasteiger partial charge in [0.05, 0.1) is 5.56 Å². The molecule has 9 heteroatoms. The van der Waals surface area contributed by atoms with E-state index >= 15 is 0 Å². The molecule has 0 aliphatic heterocycles. The number of rotatable bonds is 8. The fraction of sp³-hybridized carbons (Fsp3) is 0.591. The topological polar surface area (TPSA) is 99.1 Å². The smallest absolute Gasteiger partial charge is 0.477 e. The van der Waals surface area contributed by atoms with Crippen molar-refractivity contribution >= 4 is 18.1 Å². The minimum absolute atomic E-state index is 0.0726. The number of ether oxygens (including phenoxy) is 3. The summed E-state index contributed by atoms with van der Waals surface area (Å²) in [4.78, 5) is 35.4. The highest BCUT2D eigenvalue weighted by Crippen LogP contribution is 2.36. The molecule has 1 aromatic carbocycles. The van der Waals surface area contributed by atoms with Gasteiger partial charge in [-0.05, 0) is 57.4 Å². The summed E-state index contributed by atoms with van der Waals surface area (Å²) in [5.74, 6) is -8.24. The quantitative estimate of drug-likeness (QED) is 0.435. The maximum absolute atomic E-state index is 14.3. The summed E-state index contributed by atoms with van der Waals surface area (Å²) in [6.45, 7) is 5.30. The van der Waals surface area contributed by atoms with Crippen LogP contribution in [0, 0.1) is 5.92 Å². The van der Waals surface area contributed by atoms with Crippen molar-refractivity contribution in [3.8, 4) is 5.75 Å². The van der Waals surface area contributed by atoms with Crippen LogP contribution in [0.4, 0.5) is 13.6 Å². The van der Waals surface area contributed by atoms with E-state index < -0.39 is 41.6 Å². The molecule has 1 unspecified atom stereocenters. The second-order valence-electron chi connectivity index (χ2n) is 8.24. The lowest BCUT2D eigenvalue weighted by Crippen LogP contribution is -2.48. The number of carboxylic acids is 1. The van der Waals surface area contributed by atoms with Gasteiger partial charge in [0.15, 0.2) is 6.10 Å².